The quantitative estimate of drug-likeness (QED) is 0.612. The molecule has 5 rings (SSSR count). The molecule has 26 heavy (non-hydrogen) atoms. The molecule has 4 heterocycles. The molecule has 0 spiro atoms. The Morgan fingerprint density at radius 2 is 2.23 bits per heavy atom. The van der Waals surface area contributed by atoms with Gasteiger partial charge in [-0.05, 0) is 40.9 Å². The zero-order valence-corrected chi connectivity index (χ0v) is 15.6. The van der Waals surface area contributed by atoms with Gasteiger partial charge in [-0.3, -0.25) is 4.79 Å². The van der Waals surface area contributed by atoms with Crippen molar-refractivity contribution >= 4 is 27.5 Å². The normalized spacial score (nSPS) is 18.2. The van der Waals surface area contributed by atoms with Crippen molar-refractivity contribution in [2.24, 2.45) is 0 Å². The number of nitrogens with zero attached hydrogens (tertiary/aromatic N) is 4. The number of carbonyl (C=O) groups is 1. The molecule has 8 heteroatoms. The summed E-state index contributed by atoms with van der Waals surface area (Å²) in [6.45, 7) is 2.90. The van der Waals surface area contributed by atoms with Crippen LogP contribution >= 0.6 is 15.9 Å². The number of carbonyl (C=O) groups excluding carboxylic acids is 1. The Balaban J connectivity index is 1.49. The van der Waals surface area contributed by atoms with E-state index in [0.29, 0.717) is 17.9 Å². The molecule has 0 N–H and O–H groups in total. The van der Waals surface area contributed by atoms with Gasteiger partial charge < -0.3 is 14.4 Å². The Kier molecular flexibility index (Phi) is 3.43. The number of benzene rings is 1. The molecular weight excluding hydrogens is 400 g/mol. The number of amides is 1. The van der Waals surface area contributed by atoms with E-state index in [0.717, 1.165) is 33.5 Å². The number of hydrogen-bond donors (Lipinski definition) is 0. The van der Waals surface area contributed by atoms with Gasteiger partial charge in [0.1, 0.15) is 0 Å². The minimum absolute atomic E-state index is 0.0646. The van der Waals surface area contributed by atoms with Crippen LogP contribution in [0, 0.1) is 0 Å². The fourth-order valence-corrected chi connectivity index (χ4v) is 3.97. The van der Waals surface area contributed by atoms with Crippen LogP contribution in [0.2, 0.25) is 0 Å². The SMILES string of the molecule is CC1c2ccc3c(c2CCN1C(=O)c1cc2ncc(Br)cn2n1)OCO3. The summed E-state index contributed by atoms with van der Waals surface area (Å²) in [6, 6.07) is 5.59. The number of halogens is 1. The zero-order valence-electron chi connectivity index (χ0n) is 14.0. The fourth-order valence-electron chi connectivity index (χ4n) is 3.67. The number of hydrogen-bond acceptors (Lipinski definition) is 5. The van der Waals surface area contributed by atoms with E-state index in [1.54, 1.807) is 23.0 Å². The first kappa shape index (κ1) is 15.6. The van der Waals surface area contributed by atoms with Crippen LogP contribution in [-0.4, -0.2) is 38.7 Å². The summed E-state index contributed by atoms with van der Waals surface area (Å²) in [5, 5.41) is 4.39. The average Bonchev–Trinajstić information content (AvgIpc) is 3.27. The predicted octanol–water partition coefficient (Wildman–Crippen LogP) is 2.98. The van der Waals surface area contributed by atoms with Crippen LogP contribution in [0.5, 0.6) is 11.5 Å². The Hall–Kier alpha value is -2.61. The molecule has 1 aromatic carbocycles. The van der Waals surface area contributed by atoms with Gasteiger partial charge in [0.15, 0.2) is 22.8 Å². The van der Waals surface area contributed by atoms with E-state index in [2.05, 4.69) is 26.0 Å². The second-order valence-corrected chi connectivity index (χ2v) is 7.31. The van der Waals surface area contributed by atoms with Crippen molar-refractivity contribution in [1.29, 1.82) is 0 Å². The summed E-state index contributed by atoms with van der Waals surface area (Å²) in [4.78, 5) is 19.2. The minimum Gasteiger partial charge on any atom is -0.454 e. The smallest absolute Gasteiger partial charge is 0.274 e. The van der Waals surface area contributed by atoms with Gasteiger partial charge in [-0.25, -0.2) is 9.50 Å². The lowest BCUT2D eigenvalue weighted by molar-refractivity contribution is 0.0669. The van der Waals surface area contributed by atoms with E-state index in [4.69, 9.17) is 9.47 Å². The van der Waals surface area contributed by atoms with Gasteiger partial charge in [0.2, 0.25) is 6.79 Å². The zero-order chi connectivity index (χ0) is 17.8. The summed E-state index contributed by atoms with van der Waals surface area (Å²) >= 11 is 3.37. The summed E-state index contributed by atoms with van der Waals surface area (Å²) in [7, 11) is 0. The number of fused-ring (bicyclic) bond motifs is 4. The fraction of sp³-hybridized carbons (Fsp3) is 0.278. The van der Waals surface area contributed by atoms with Crippen LogP contribution in [-0.2, 0) is 6.42 Å². The van der Waals surface area contributed by atoms with Crippen LogP contribution in [0.3, 0.4) is 0 Å². The van der Waals surface area contributed by atoms with Crippen molar-refractivity contribution in [3.63, 3.8) is 0 Å². The number of ether oxygens (including phenoxy) is 2. The highest BCUT2D eigenvalue weighted by Gasteiger charge is 2.33. The second-order valence-electron chi connectivity index (χ2n) is 6.40. The van der Waals surface area contributed by atoms with E-state index in [9.17, 15) is 4.79 Å². The third kappa shape index (κ3) is 2.28. The van der Waals surface area contributed by atoms with Gasteiger partial charge in [0.25, 0.3) is 5.91 Å². The van der Waals surface area contributed by atoms with E-state index >= 15 is 0 Å². The Morgan fingerprint density at radius 1 is 1.35 bits per heavy atom. The van der Waals surface area contributed by atoms with Gasteiger partial charge in [-0.1, -0.05) is 6.07 Å². The van der Waals surface area contributed by atoms with Gasteiger partial charge in [0.05, 0.1) is 10.5 Å². The topological polar surface area (TPSA) is 69.0 Å². The average molecular weight is 415 g/mol. The first-order valence-corrected chi connectivity index (χ1v) is 9.14. The third-order valence-corrected chi connectivity index (χ3v) is 5.37. The van der Waals surface area contributed by atoms with E-state index in [-0.39, 0.29) is 18.7 Å². The molecule has 0 radical (unpaired) electrons. The summed E-state index contributed by atoms with van der Waals surface area (Å²) in [5.74, 6) is 1.51. The van der Waals surface area contributed by atoms with Crippen molar-refractivity contribution in [2.45, 2.75) is 19.4 Å². The molecule has 0 aliphatic carbocycles. The molecule has 0 fully saturated rings. The van der Waals surface area contributed by atoms with E-state index in [1.165, 1.54) is 0 Å². The molecule has 2 aliphatic rings. The van der Waals surface area contributed by atoms with Crippen molar-refractivity contribution in [3.05, 3.63) is 51.9 Å². The van der Waals surface area contributed by atoms with Crippen molar-refractivity contribution in [2.75, 3.05) is 13.3 Å². The third-order valence-electron chi connectivity index (χ3n) is 4.96. The number of aromatic nitrogens is 3. The Bertz CT molecular complexity index is 1050. The first-order chi connectivity index (χ1) is 12.6. The lowest BCUT2D eigenvalue weighted by atomic mass is 9.92. The van der Waals surface area contributed by atoms with E-state index in [1.807, 2.05) is 24.0 Å². The Labute approximate surface area is 157 Å². The van der Waals surface area contributed by atoms with Gasteiger partial charge in [0, 0.05) is 30.6 Å². The molecule has 7 nitrogen and oxygen atoms in total. The molecule has 132 valence electrons. The summed E-state index contributed by atoms with van der Waals surface area (Å²) in [6.07, 6.45) is 4.21. The molecule has 2 aliphatic heterocycles. The van der Waals surface area contributed by atoms with Gasteiger partial charge in [-0.2, -0.15) is 5.10 Å². The summed E-state index contributed by atoms with van der Waals surface area (Å²) < 4.78 is 13.5. The van der Waals surface area contributed by atoms with Crippen molar-refractivity contribution in [1.82, 2.24) is 19.5 Å². The van der Waals surface area contributed by atoms with Crippen LogP contribution in [0.4, 0.5) is 0 Å². The van der Waals surface area contributed by atoms with Crippen LogP contribution in [0.25, 0.3) is 5.65 Å². The second kappa shape index (κ2) is 5.70. The maximum atomic E-state index is 13.1. The highest BCUT2D eigenvalue weighted by molar-refractivity contribution is 9.10. The van der Waals surface area contributed by atoms with Crippen LogP contribution in [0.1, 0.15) is 34.6 Å². The monoisotopic (exact) mass is 414 g/mol. The predicted molar refractivity (Wildman–Crippen MR) is 96.4 cm³/mol. The maximum Gasteiger partial charge on any atom is 0.274 e. The molecule has 0 saturated carbocycles. The molecule has 1 unspecified atom stereocenters. The van der Waals surface area contributed by atoms with Gasteiger partial charge in [-0.15, -0.1) is 0 Å². The highest BCUT2D eigenvalue weighted by atomic mass is 79.9. The highest BCUT2D eigenvalue weighted by Crippen LogP contribution is 2.43. The molecule has 2 aromatic heterocycles. The van der Waals surface area contributed by atoms with Crippen molar-refractivity contribution < 1.29 is 14.3 Å². The standard InChI is InChI=1S/C18H15BrN4O3/c1-10-12-2-3-15-17(26-9-25-15)13(12)4-5-22(10)18(24)14-6-16-20-7-11(19)8-23(16)21-14/h2-3,6-8,10H,4-5,9H2,1H3. The molecule has 1 atom stereocenters. The minimum atomic E-state index is -0.0950. The first-order valence-electron chi connectivity index (χ1n) is 8.35. The molecule has 0 saturated heterocycles. The molecule has 1 amide bonds. The lowest BCUT2D eigenvalue weighted by Gasteiger charge is -2.35. The maximum absolute atomic E-state index is 13.1. The van der Waals surface area contributed by atoms with Crippen LogP contribution < -0.4 is 9.47 Å². The van der Waals surface area contributed by atoms with E-state index < -0.39 is 0 Å². The van der Waals surface area contributed by atoms with Crippen LogP contribution in [0.15, 0.2) is 35.1 Å². The lowest BCUT2D eigenvalue weighted by Crippen LogP contribution is -2.39. The number of rotatable bonds is 1. The molecule has 3 aromatic rings. The molecule has 0 bridgehead atoms. The van der Waals surface area contributed by atoms with Gasteiger partial charge >= 0.3 is 0 Å². The Morgan fingerprint density at radius 3 is 3.12 bits per heavy atom. The largest absolute Gasteiger partial charge is 0.454 e. The summed E-state index contributed by atoms with van der Waals surface area (Å²) in [5.41, 5.74) is 3.27. The van der Waals surface area contributed by atoms with Crippen molar-refractivity contribution in [3.8, 4) is 11.5 Å². The molecular formula is C18H15BrN4O3.